The van der Waals surface area contributed by atoms with E-state index in [2.05, 4.69) is 0 Å². The molecular weight excluding hydrogens is 484 g/mol. The van der Waals surface area contributed by atoms with E-state index in [1.807, 2.05) is 30.3 Å². The molecule has 0 atom stereocenters. The number of piperidine rings is 1. The first-order valence-electron chi connectivity index (χ1n) is 11.8. The molecule has 0 aliphatic carbocycles. The lowest BCUT2D eigenvalue weighted by Gasteiger charge is -2.31. The van der Waals surface area contributed by atoms with Crippen molar-refractivity contribution in [2.75, 3.05) is 41.5 Å². The van der Waals surface area contributed by atoms with Gasteiger partial charge in [0.1, 0.15) is 0 Å². The molecule has 0 saturated carbocycles. The predicted molar refractivity (Wildman–Crippen MR) is 139 cm³/mol. The Kier molecular flexibility index (Phi) is 9.20. The highest BCUT2D eigenvalue weighted by Crippen LogP contribution is 2.35. The van der Waals surface area contributed by atoms with Gasteiger partial charge in [0.05, 0.1) is 28.4 Å². The second-order valence-electron chi connectivity index (χ2n) is 8.80. The number of hydrogen-bond acceptors (Lipinski definition) is 7. The predicted octanol–water partition coefficient (Wildman–Crippen LogP) is 3.89. The van der Waals surface area contributed by atoms with Crippen LogP contribution >= 0.6 is 12.4 Å². The van der Waals surface area contributed by atoms with E-state index in [0.717, 1.165) is 28.8 Å². The van der Waals surface area contributed by atoms with Crippen LogP contribution in [0.5, 0.6) is 23.0 Å². The quantitative estimate of drug-likeness (QED) is 0.470. The number of imide groups is 1. The van der Waals surface area contributed by atoms with Gasteiger partial charge < -0.3 is 18.9 Å². The average Bonchev–Trinajstić information content (AvgIpc) is 2.87. The molecule has 0 aromatic heterocycles. The normalized spacial score (nSPS) is 15.6. The molecule has 2 aliphatic rings. The van der Waals surface area contributed by atoms with E-state index < -0.39 is 0 Å². The molecule has 4 rings (SSSR count). The summed E-state index contributed by atoms with van der Waals surface area (Å²) in [6.45, 7) is 1.03. The summed E-state index contributed by atoms with van der Waals surface area (Å²) in [5, 5.41) is 0. The van der Waals surface area contributed by atoms with Gasteiger partial charge in [-0.25, -0.2) is 0 Å². The first-order chi connectivity index (χ1) is 17.0. The number of amides is 2. The van der Waals surface area contributed by atoms with Gasteiger partial charge >= 0.3 is 0 Å². The van der Waals surface area contributed by atoms with Crippen LogP contribution in [0.25, 0.3) is 0 Å². The summed E-state index contributed by atoms with van der Waals surface area (Å²) in [4.78, 5) is 32.0. The van der Waals surface area contributed by atoms with E-state index in [-0.39, 0.29) is 30.1 Å². The summed E-state index contributed by atoms with van der Waals surface area (Å²) in [5.74, 6) is 2.30. The lowest BCUT2D eigenvalue weighted by atomic mass is 9.85. The summed E-state index contributed by atoms with van der Waals surface area (Å²) < 4.78 is 21.5. The van der Waals surface area contributed by atoms with E-state index in [9.17, 15) is 9.59 Å². The Morgan fingerprint density at radius 2 is 1.47 bits per heavy atom. The van der Waals surface area contributed by atoms with Crippen molar-refractivity contribution >= 4 is 29.9 Å². The van der Waals surface area contributed by atoms with E-state index >= 15 is 0 Å². The van der Waals surface area contributed by atoms with Crippen LogP contribution < -0.4 is 18.9 Å². The molecule has 2 amide bonds. The van der Waals surface area contributed by atoms with E-state index in [4.69, 9.17) is 23.9 Å². The van der Waals surface area contributed by atoms with Gasteiger partial charge in [-0.05, 0) is 60.6 Å². The molecule has 8 nitrogen and oxygen atoms in total. The van der Waals surface area contributed by atoms with E-state index in [1.165, 1.54) is 4.90 Å². The van der Waals surface area contributed by atoms with E-state index in [1.54, 1.807) is 28.4 Å². The molecular formula is C27H33ClN2O6. The molecule has 0 spiro atoms. The Hall–Kier alpha value is -3.26. The fourth-order valence-corrected chi connectivity index (χ4v) is 4.84. The number of carbonyl (C=O) groups is 2. The number of carbonyl (C=O) groups excluding carboxylic acids is 2. The first kappa shape index (κ1) is 27.3. The standard InChI is InChI=1S/C27H32N2O6.ClH/c1-32-22-6-5-17(12-23(22)33-2)8-10-29-26(30)13-18(14-27(29)31)11-21-20-16-25(35-4)24(34-3)15-19(20)7-9-28-21;/h5-6,12,15-16,18H,7-11,13-14H2,1-4H3;1H. The van der Waals surface area contributed by atoms with Crippen LogP contribution in [0.1, 0.15) is 36.0 Å². The third kappa shape index (κ3) is 5.75. The number of likely N-dealkylation sites (tertiary alicyclic amines) is 1. The lowest BCUT2D eigenvalue weighted by Crippen LogP contribution is -2.44. The van der Waals surface area contributed by atoms with Crippen LogP contribution in [0.3, 0.4) is 0 Å². The van der Waals surface area contributed by atoms with Crippen molar-refractivity contribution in [2.24, 2.45) is 10.9 Å². The third-order valence-electron chi connectivity index (χ3n) is 6.69. The molecule has 1 fully saturated rings. The molecule has 0 radical (unpaired) electrons. The Bertz CT molecular complexity index is 1130. The van der Waals surface area contributed by atoms with Crippen molar-refractivity contribution in [3.05, 3.63) is 47.0 Å². The van der Waals surface area contributed by atoms with Gasteiger partial charge in [-0.1, -0.05) is 6.07 Å². The fourth-order valence-electron chi connectivity index (χ4n) is 4.84. The zero-order valence-corrected chi connectivity index (χ0v) is 22.0. The summed E-state index contributed by atoms with van der Waals surface area (Å²) in [7, 11) is 6.40. The fraction of sp³-hybridized carbons (Fsp3) is 0.444. The minimum absolute atomic E-state index is 0. The van der Waals surface area contributed by atoms with Crippen LogP contribution in [-0.2, 0) is 22.4 Å². The van der Waals surface area contributed by atoms with Gasteiger partial charge in [0.25, 0.3) is 0 Å². The highest BCUT2D eigenvalue weighted by atomic mass is 35.5. The average molecular weight is 517 g/mol. The second kappa shape index (κ2) is 12.1. The molecule has 36 heavy (non-hydrogen) atoms. The number of benzene rings is 2. The summed E-state index contributed by atoms with van der Waals surface area (Å²) in [6, 6.07) is 9.58. The Morgan fingerprint density at radius 1 is 0.861 bits per heavy atom. The molecule has 2 aromatic rings. The van der Waals surface area contributed by atoms with Crippen molar-refractivity contribution in [1.82, 2.24) is 4.90 Å². The largest absolute Gasteiger partial charge is 0.493 e. The van der Waals surface area contributed by atoms with Crippen molar-refractivity contribution in [2.45, 2.75) is 32.1 Å². The number of fused-ring (bicyclic) bond motifs is 1. The van der Waals surface area contributed by atoms with Gasteiger partial charge in [0.2, 0.25) is 11.8 Å². The molecule has 0 N–H and O–H groups in total. The van der Waals surface area contributed by atoms with Gasteiger partial charge in [0, 0.05) is 37.2 Å². The molecule has 2 aromatic carbocycles. The monoisotopic (exact) mass is 516 g/mol. The maximum atomic E-state index is 12.9. The highest BCUT2D eigenvalue weighted by molar-refractivity contribution is 6.04. The molecule has 194 valence electrons. The zero-order chi connectivity index (χ0) is 24.9. The molecule has 0 unspecified atom stereocenters. The van der Waals surface area contributed by atoms with Crippen molar-refractivity contribution < 1.29 is 28.5 Å². The van der Waals surface area contributed by atoms with Gasteiger partial charge in [-0.15, -0.1) is 12.4 Å². The topological polar surface area (TPSA) is 86.7 Å². The Balaban J connectivity index is 0.00000361. The maximum absolute atomic E-state index is 12.9. The van der Waals surface area contributed by atoms with Gasteiger partial charge in [0.15, 0.2) is 23.0 Å². The first-order valence-corrected chi connectivity index (χ1v) is 11.8. The third-order valence-corrected chi connectivity index (χ3v) is 6.69. The minimum Gasteiger partial charge on any atom is -0.493 e. The highest BCUT2D eigenvalue weighted by Gasteiger charge is 2.33. The molecule has 2 heterocycles. The van der Waals surface area contributed by atoms with Crippen LogP contribution in [0.2, 0.25) is 0 Å². The number of methoxy groups -OCH3 is 4. The Morgan fingerprint density at radius 3 is 2.11 bits per heavy atom. The molecule has 0 bridgehead atoms. The second-order valence-corrected chi connectivity index (χ2v) is 8.80. The van der Waals surface area contributed by atoms with Crippen LogP contribution in [0, 0.1) is 5.92 Å². The summed E-state index contributed by atoms with van der Waals surface area (Å²) >= 11 is 0. The van der Waals surface area contributed by atoms with Crippen molar-refractivity contribution in [3.63, 3.8) is 0 Å². The summed E-state index contributed by atoms with van der Waals surface area (Å²) in [5.41, 5.74) is 4.07. The number of rotatable bonds is 9. The molecule has 2 aliphatic heterocycles. The Labute approximate surface area is 218 Å². The minimum atomic E-state index is -0.129. The smallest absolute Gasteiger partial charge is 0.229 e. The van der Waals surface area contributed by atoms with Gasteiger partial charge in [-0.3, -0.25) is 19.5 Å². The maximum Gasteiger partial charge on any atom is 0.229 e. The summed E-state index contributed by atoms with van der Waals surface area (Å²) in [6.07, 6.45) is 2.64. The van der Waals surface area contributed by atoms with Gasteiger partial charge in [-0.2, -0.15) is 0 Å². The van der Waals surface area contributed by atoms with Crippen LogP contribution in [0.15, 0.2) is 35.3 Å². The molecule has 9 heteroatoms. The number of hydrogen-bond donors (Lipinski definition) is 0. The molecule has 1 saturated heterocycles. The van der Waals surface area contributed by atoms with Crippen LogP contribution in [-0.4, -0.2) is 64.0 Å². The lowest BCUT2D eigenvalue weighted by molar-refractivity contribution is -0.149. The van der Waals surface area contributed by atoms with Crippen LogP contribution in [0.4, 0.5) is 0 Å². The number of ether oxygens (including phenoxy) is 4. The number of halogens is 1. The zero-order valence-electron chi connectivity index (χ0n) is 21.2. The number of aliphatic imine (C=N–C) groups is 1. The van der Waals surface area contributed by atoms with E-state index in [0.29, 0.717) is 61.8 Å². The SMILES string of the molecule is COc1ccc(CCN2C(=O)CC(CC3=NCCc4cc(OC)c(OC)cc43)CC2=O)cc1OC.Cl. The van der Waals surface area contributed by atoms with Crippen molar-refractivity contribution in [3.8, 4) is 23.0 Å². The van der Waals surface area contributed by atoms with Crippen molar-refractivity contribution in [1.29, 1.82) is 0 Å². The number of nitrogens with zero attached hydrogens (tertiary/aromatic N) is 2.